The number of benzene rings is 3. The average Bonchev–Trinajstić information content (AvgIpc) is 2.71. The molecule has 0 fully saturated rings. The largest absolute Gasteiger partial charge is 0.280 e. The minimum atomic E-state index is -3.70. The quantitative estimate of drug-likeness (QED) is 0.428. The van der Waals surface area contributed by atoms with Gasteiger partial charge in [-0.05, 0) is 48.5 Å². The van der Waals surface area contributed by atoms with Gasteiger partial charge in [-0.1, -0.05) is 47.5 Å². The number of halogens is 2. The molecule has 148 valence electrons. The number of hydrogen-bond acceptors (Lipinski definition) is 4. The lowest BCUT2D eigenvalue weighted by Crippen LogP contribution is -2.18. The first-order chi connectivity index (χ1) is 13.9. The second kappa shape index (κ2) is 9.09. The van der Waals surface area contributed by atoms with Crippen LogP contribution >= 0.6 is 23.2 Å². The molecule has 3 rings (SSSR count). The maximum atomic E-state index is 12.3. The zero-order chi connectivity index (χ0) is 20.9. The highest BCUT2D eigenvalue weighted by Crippen LogP contribution is 2.22. The van der Waals surface area contributed by atoms with E-state index in [1.54, 1.807) is 36.4 Å². The number of sulfonamides is 1. The minimum Gasteiger partial charge on any atom is -0.280 e. The number of amides is 1. The van der Waals surface area contributed by atoms with Gasteiger partial charge in [0.05, 0.1) is 21.2 Å². The fourth-order valence-corrected chi connectivity index (χ4v) is 3.93. The van der Waals surface area contributed by atoms with Crippen molar-refractivity contribution in [2.75, 3.05) is 4.72 Å². The molecular weight excluding hydrogens is 433 g/mol. The molecule has 1 amide bonds. The van der Waals surface area contributed by atoms with Crippen molar-refractivity contribution >= 4 is 51.0 Å². The Hall–Kier alpha value is -2.87. The summed E-state index contributed by atoms with van der Waals surface area (Å²) in [6.07, 6.45) is 1.35. The minimum absolute atomic E-state index is 0.148. The van der Waals surface area contributed by atoms with Crippen LogP contribution in [0.25, 0.3) is 0 Å². The molecule has 0 aliphatic heterocycles. The lowest BCUT2D eigenvalue weighted by atomic mass is 10.2. The summed E-state index contributed by atoms with van der Waals surface area (Å²) < 4.78 is 27.1. The van der Waals surface area contributed by atoms with E-state index >= 15 is 0 Å². The number of carbonyl (C=O) groups is 1. The Morgan fingerprint density at radius 1 is 0.862 bits per heavy atom. The van der Waals surface area contributed by atoms with E-state index in [2.05, 4.69) is 15.2 Å². The summed E-state index contributed by atoms with van der Waals surface area (Å²) in [6.45, 7) is 0. The lowest BCUT2D eigenvalue weighted by Gasteiger charge is -2.08. The summed E-state index contributed by atoms with van der Waals surface area (Å²) in [5, 5.41) is 4.67. The van der Waals surface area contributed by atoms with Crippen LogP contribution in [-0.4, -0.2) is 20.5 Å². The standard InChI is InChI=1S/C20H15Cl2N3O3S/c21-18-7-4-8-19(22)17(18)13-23-24-20(26)14-9-11-15(12-10-14)25-29(27,28)16-5-2-1-3-6-16/h1-13,25H,(H,24,26)/b23-13+. The molecule has 0 aromatic heterocycles. The molecule has 3 aromatic carbocycles. The molecule has 2 N–H and O–H groups in total. The first-order valence-electron chi connectivity index (χ1n) is 8.32. The Bertz CT molecular complexity index is 1130. The maximum Gasteiger partial charge on any atom is 0.271 e. The van der Waals surface area contributed by atoms with Crippen LogP contribution in [0, 0.1) is 0 Å². The van der Waals surface area contributed by atoms with Crippen molar-refractivity contribution in [1.82, 2.24) is 5.43 Å². The third-order valence-electron chi connectivity index (χ3n) is 3.81. The van der Waals surface area contributed by atoms with E-state index in [0.29, 0.717) is 26.9 Å². The van der Waals surface area contributed by atoms with E-state index in [4.69, 9.17) is 23.2 Å². The number of carbonyl (C=O) groups excluding carboxylic acids is 1. The van der Waals surface area contributed by atoms with Crippen molar-refractivity contribution in [3.63, 3.8) is 0 Å². The summed E-state index contributed by atoms with van der Waals surface area (Å²) in [4.78, 5) is 12.3. The van der Waals surface area contributed by atoms with Crippen LogP contribution in [0.2, 0.25) is 10.0 Å². The molecular formula is C20H15Cl2N3O3S. The number of nitrogens with zero attached hydrogens (tertiary/aromatic N) is 1. The summed E-state index contributed by atoms with van der Waals surface area (Å²) in [7, 11) is -3.70. The number of hydrogen-bond donors (Lipinski definition) is 2. The second-order valence-electron chi connectivity index (χ2n) is 5.83. The molecule has 0 saturated carbocycles. The van der Waals surface area contributed by atoms with Gasteiger partial charge in [0, 0.05) is 16.8 Å². The number of nitrogens with one attached hydrogen (secondary N) is 2. The van der Waals surface area contributed by atoms with Gasteiger partial charge < -0.3 is 0 Å². The number of rotatable bonds is 6. The molecule has 0 bridgehead atoms. The van der Waals surface area contributed by atoms with Gasteiger partial charge in [0.1, 0.15) is 0 Å². The van der Waals surface area contributed by atoms with Crippen LogP contribution < -0.4 is 10.1 Å². The molecule has 29 heavy (non-hydrogen) atoms. The lowest BCUT2D eigenvalue weighted by molar-refractivity contribution is 0.0955. The molecule has 0 unspecified atom stereocenters. The van der Waals surface area contributed by atoms with Gasteiger partial charge in [-0.15, -0.1) is 0 Å². The highest BCUT2D eigenvalue weighted by molar-refractivity contribution is 7.92. The molecule has 0 saturated heterocycles. The molecule has 0 aliphatic carbocycles. The van der Waals surface area contributed by atoms with Crippen LogP contribution in [0.3, 0.4) is 0 Å². The van der Waals surface area contributed by atoms with Crippen LogP contribution in [0.1, 0.15) is 15.9 Å². The Kier molecular flexibility index (Phi) is 6.53. The molecule has 9 heteroatoms. The highest BCUT2D eigenvalue weighted by atomic mass is 35.5. The van der Waals surface area contributed by atoms with Crippen molar-refractivity contribution < 1.29 is 13.2 Å². The van der Waals surface area contributed by atoms with Crippen molar-refractivity contribution in [3.05, 3.63) is 94.0 Å². The van der Waals surface area contributed by atoms with Crippen LogP contribution in [0.4, 0.5) is 5.69 Å². The smallest absolute Gasteiger partial charge is 0.271 e. The SMILES string of the molecule is O=C(N/N=C/c1c(Cl)cccc1Cl)c1ccc(NS(=O)(=O)c2ccccc2)cc1. The van der Waals surface area contributed by atoms with Gasteiger partial charge in [-0.3, -0.25) is 9.52 Å². The normalized spacial score (nSPS) is 11.4. The predicted octanol–water partition coefficient (Wildman–Crippen LogP) is 4.56. The number of hydrazone groups is 1. The predicted molar refractivity (Wildman–Crippen MR) is 115 cm³/mol. The molecule has 0 atom stereocenters. The van der Waals surface area contributed by atoms with E-state index < -0.39 is 15.9 Å². The fraction of sp³-hybridized carbons (Fsp3) is 0. The molecule has 0 aliphatic rings. The van der Waals surface area contributed by atoms with Crippen LogP contribution in [0.5, 0.6) is 0 Å². The monoisotopic (exact) mass is 447 g/mol. The summed E-state index contributed by atoms with van der Waals surface area (Å²) in [5.74, 6) is -0.470. The fourth-order valence-electron chi connectivity index (χ4n) is 2.36. The topological polar surface area (TPSA) is 87.6 Å². The zero-order valence-corrected chi connectivity index (χ0v) is 17.2. The van der Waals surface area contributed by atoms with Crippen molar-refractivity contribution in [3.8, 4) is 0 Å². The molecule has 0 spiro atoms. The molecule has 0 radical (unpaired) electrons. The Morgan fingerprint density at radius 3 is 2.10 bits per heavy atom. The Labute approximate surface area is 178 Å². The second-order valence-corrected chi connectivity index (χ2v) is 8.33. The van der Waals surface area contributed by atoms with Gasteiger partial charge in [-0.2, -0.15) is 5.10 Å². The van der Waals surface area contributed by atoms with Crippen molar-refractivity contribution in [2.24, 2.45) is 5.10 Å². The van der Waals surface area contributed by atoms with E-state index in [1.165, 1.54) is 42.6 Å². The van der Waals surface area contributed by atoms with Crippen LogP contribution in [0.15, 0.2) is 82.8 Å². The van der Waals surface area contributed by atoms with Crippen molar-refractivity contribution in [1.29, 1.82) is 0 Å². The summed E-state index contributed by atoms with van der Waals surface area (Å²) in [5.41, 5.74) is 3.49. The Morgan fingerprint density at radius 2 is 1.48 bits per heavy atom. The number of anilines is 1. The van der Waals surface area contributed by atoms with E-state index in [1.807, 2.05) is 0 Å². The first kappa shape index (κ1) is 20.9. The summed E-state index contributed by atoms with van der Waals surface area (Å²) in [6, 6.07) is 19.0. The van der Waals surface area contributed by atoms with Gasteiger partial charge in [-0.25, -0.2) is 13.8 Å². The van der Waals surface area contributed by atoms with Gasteiger partial charge in [0.2, 0.25) is 0 Å². The maximum absolute atomic E-state index is 12.3. The summed E-state index contributed by atoms with van der Waals surface area (Å²) >= 11 is 12.1. The molecule has 3 aromatic rings. The van der Waals surface area contributed by atoms with E-state index in [-0.39, 0.29) is 4.90 Å². The van der Waals surface area contributed by atoms with Gasteiger partial charge >= 0.3 is 0 Å². The highest BCUT2D eigenvalue weighted by Gasteiger charge is 2.13. The van der Waals surface area contributed by atoms with Crippen LogP contribution in [-0.2, 0) is 10.0 Å². The third kappa shape index (κ3) is 5.35. The molecule has 0 heterocycles. The van der Waals surface area contributed by atoms with Gasteiger partial charge in [0.25, 0.3) is 15.9 Å². The van der Waals surface area contributed by atoms with E-state index in [0.717, 1.165) is 0 Å². The average molecular weight is 448 g/mol. The zero-order valence-electron chi connectivity index (χ0n) is 14.8. The Balaban J connectivity index is 1.65. The first-order valence-corrected chi connectivity index (χ1v) is 10.6. The molecule has 6 nitrogen and oxygen atoms in total. The van der Waals surface area contributed by atoms with Crippen molar-refractivity contribution in [2.45, 2.75) is 4.90 Å². The third-order valence-corrected chi connectivity index (χ3v) is 5.87. The van der Waals surface area contributed by atoms with Gasteiger partial charge in [0.15, 0.2) is 0 Å². The van der Waals surface area contributed by atoms with E-state index in [9.17, 15) is 13.2 Å².